The number of ketones is 2. The van der Waals surface area contributed by atoms with E-state index in [2.05, 4.69) is 4.99 Å². The second-order valence-electron chi connectivity index (χ2n) is 6.75. The number of benzene rings is 2. The van der Waals surface area contributed by atoms with Gasteiger partial charge in [-0.2, -0.15) is 0 Å². The van der Waals surface area contributed by atoms with Crippen LogP contribution in [0.2, 0.25) is 0 Å². The number of aliphatic hydroxyl groups is 1. The van der Waals surface area contributed by atoms with E-state index in [-0.39, 0.29) is 22.8 Å². The summed E-state index contributed by atoms with van der Waals surface area (Å²) < 4.78 is 0. The molecule has 5 rings (SSSR count). The first-order chi connectivity index (χ1) is 12.4. The number of hydrogen-bond acceptors (Lipinski definition) is 6. The van der Waals surface area contributed by atoms with E-state index in [0.717, 1.165) is 16.1 Å². The molecule has 1 N–H and O–H groups in total. The molecule has 1 aliphatic carbocycles. The number of fused-ring (bicyclic) bond motifs is 4. The first-order valence-corrected chi connectivity index (χ1v) is 9.04. The second kappa shape index (κ2) is 4.93. The summed E-state index contributed by atoms with van der Waals surface area (Å²) in [6.45, 7) is 3.54. The average Bonchev–Trinajstić information content (AvgIpc) is 2.97. The van der Waals surface area contributed by atoms with E-state index in [0.29, 0.717) is 16.3 Å². The molecule has 0 bridgehead atoms. The van der Waals surface area contributed by atoms with Crippen LogP contribution >= 0.6 is 11.8 Å². The monoisotopic (exact) mass is 362 g/mol. The number of aryl methyl sites for hydroxylation is 1. The van der Waals surface area contributed by atoms with Gasteiger partial charge in [-0.3, -0.25) is 14.5 Å². The molecule has 1 atom stereocenters. The van der Waals surface area contributed by atoms with Gasteiger partial charge in [0.2, 0.25) is 5.78 Å². The molecular formula is C20H14N2O3S. The van der Waals surface area contributed by atoms with Gasteiger partial charge in [0, 0.05) is 16.0 Å². The fraction of sp³-hybridized carbons (Fsp3) is 0.150. The van der Waals surface area contributed by atoms with Crippen LogP contribution in [0, 0.1) is 6.92 Å². The van der Waals surface area contributed by atoms with Gasteiger partial charge >= 0.3 is 0 Å². The molecule has 0 amide bonds. The van der Waals surface area contributed by atoms with Crippen LogP contribution in [-0.4, -0.2) is 27.6 Å². The Morgan fingerprint density at radius 1 is 1.08 bits per heavy atom. The zero-order chi connectivity index (χ0) is 18.2. The lowest BCUT2D eigenvalue weighted by molar-refractivity contribution is 0.0782. The molecule has 128 valence electrons. The van der Waals surface area contributed by atoms with Crippen molar-refractivity contribution in [2.24, 2.45) is 4.99 Å². The number of Topliss-reactive ketones (excluding diaryl/α,β-unsaturated/α-hetero) is 2. The summed E-state index contributed by atoms with van der Waals surface area (Å²) in [6.07, 6.45) is 0. The lowest BCUT2D eigenvalue weighted by Gasteiger charge is -2.41. The third-order valence-electron chi connectivity index (χ3n) is 4.96. The van der Waals surface area contributed by atoms with E-state index in [1.54, 1.807) is 36.1 Å². The van der Waals surface area contributed by atoms with Crippen LogP contribution in [0.5, 0.6) is 0 Å². The van der Waals surface area contributed by atoms with Crippen molar-refractivity contribution >= 4 is 34.2 Å². The number of anilines is 1. The maximum Gasteiger partial charge on any atom is 0.212 e. The van der Waals surface area contributed by atoms with Gasteiger partial charge in [0.05, 0.1) is 11.3 Å². The molecular weight excluding hydrogens is 348 g/mol. The van der Waals surface area contributed by atoms with E-state index in [1.165, 1.54) is 11.8 Å². The quantitative estimate of drug-likeness (QED) is 0.779. The molecule has 0 spiro atoms. The van der Waals surface area contributed by atoms with Gasteiger partial charge in [0.1, 0.15) is 5.70 Å². The van der Waals surface area contributed by atoms with E-state index in [1.807, 2.05) is 25.1 Å². The van der Waals surface area contributed by atoms with Crippen LogP contribution in [0.1, 0.15) is 33.2 Å². The van der Waals surface area contributed by atoms with Gasteiger partial charge in [-0.15, -0.1) is 0 Å². The molecule has 0 saturated carbocycles. The highest BCUT2D eigenvalue weighted by Crippen LogP contribution is 2.50. The van der Waals surface area contributed by atoms with E-state index >= 15 is 0 Å². The van der Waals surface area contributed by atoms with E-state index < -0.39 is 5.72 Å². The molecule has 0 radical (unpaired) electrons. The number of allylic oxidation sites excluding steroid dienone is 1. The van der Waals surface area contributed by atoms with Crippen LogP contribution in [0.4, 0.5) is 5.69 Å². The van der Waals surface area contributed by atoms with Gasteiger partial charge in [-0.1, -0.05) is 30.3 Å². The standard InChI is InChI=1S/C20H14N2O3S/c1-10-7-8-13-14(9-10)26-19-21-16-15(20(2,25)22(13)19)17(23)11-5-3-4-6-12(11)18(16)24/h3-9,25H,1-2H3. The lowest BCUT2D eigenvalue weighted by atomic mass is 9.81. The third-order valence-corrected chi connectivity index (χ3v) is 5.96. The van der Waals surface area contributed by atoms with Gasteiger partial charge in [0.25, 0.3) is 0 Å². The molecule has 0 fully saturated rings. The predicted octanol–water partition coefficient (Wildman–Crippen LogP) is 3.32. The summed E-state index contributed by atoms with van der Waals surface area (Å²) in [4.78, 5) is 33.1. The Hall–Kier alpha value is -2.70. The first kappa shape index (κ1) is 15.5. The van der Waals surface area contributed by atoms with Crippen molar-refractivity contribution in [1.29, 1.82) is 0 Å². The number of aliphatic imine (C=N–C) groups is 1. The van der Waals surface area contributed by atoms with Crippen molar-refractivity contribution < 1.29 is 14.7 Å². The summed E-state index contributed by atoms with van der Waals surface area (Å²) in [7, 11) is 0. The Kier molecular flexibility index (Phi) is 2.95. The number of thioether (sulfide) groups is 1. The summed E-state index contributed by atoms with van der Waals surface area (Å²) in [5, 5.41) is 11.9. The molecule has 2 heterocycles. The van der Waals surface area contributed by atoms with Crippen molar-refractivity contribution in [3.05, 3.63) is 70.4 Å². The maximum atomic E-state index is 13.1. The minimum Gasteiger partial charge on any atom is -0.366 e. The van der Waals surface area contributed by atoms with Crippen molar-refractivity contribution in [3.63, 3.8) is 0 Å². The SMILES string of the molecule is Cc1ccc2c(c1)SC1=NC3=C(C(=O)c4ccccc4C3=O)C(C)(O)N12. The summed E-state index contributed by atoms with van der Waals surface area (Å²) in [6, 6.07) is 12.5. The minimum atomic E-state index is -1.65. The smallest absolute Gasteiger partial charge is 0.212 e. The third kappa shape index (κ3) is 1.83. The Balaban J connectivity index is 1.75. The Labute approximate surface area is 154 Å². The molecule has 2 aromatic rings. The molecule has 0 aromatic heterocycles. The van der Waals surface area contributed by atoms with Crippen molar-refractivity contribution in [2.75, 3.05) is 4.90 Å². The Morgan fingerprint density at radius 2 is 1.77 bits per heavy atom. The molecule has 1 unspecified atom stereocenters. The Morgan fingerprint density at radius 3 is 2.50 bits per heavy atom. The first-order valence-electron chi connectivity index (χ1n) is 8.22. The van der Waals surface area contributed by atoms with Crippen LogP contribution in [0.15, 0.2) is 63.6 Å². The molecule has 26 heavy (non-hydrogen) atoms. The largest absolute Gasteiger partial charge is 0.366 e. The molecule has 2 aromatic carbocycles. The van der Waals surface area contributed by atoms with Crippen molar-refractivity contribution in [2.45, 2.75) is 24.5 Å². The number of hydrogen-bond donors (Lipinski definition) is 1. The highest BCUT2D eigenvalue weighted by Gasteiger charge is 2.51. The zero-order valence-corrected chi connectivity index (χ0v) is 14.9. The highest BCUT2D eigenvalue weighted by molar-refractivity contribution is 8.14. The highest BCUT2D eigenvalue weighted by atomic mass is 32.2. The summed E-state index contributed by atoms with van der Waals surface area (Å²) in [5.74, 6) is -0.677. The van der Waals surface area contributed by atoms with Gasteiger partial charge in [-0.25, -0.2) is 4.99 Å². The minimum absolute atomic E-state index is 0.0407. The normalized spacial score (nSPS) is 23.3. The van der Waals surface area contributed by atoms with Gasteiger partial charge in [-0.05, 0) is 43.3 Å². The molecule has 0 saturated heterocycles. The van der Waals surface area contributed by atoms with Crippen LogP contribution in [-0.2, 0) is 0 Å². The van der Waals surface area contributed by atoms with Gasteiger partial charge < -0.3 is 5.11 Å². The predicted molar refractivity (Wildman–Crippen MR) is 99.7 cm³/mol. The second-order valence-corrected chi connectivity index (χ2v) is 7.76. The fourth-order valence-electron chi connectivity index (χ4n) is 3.74. The fourth-order valence-corrected chi connectivity index (χ4v) is 4.95. The number of carbonyl (C=O) groups is 2. The van der Waals surface area contributed by atoms with Crippen molar-refractivity contribution in [1.82, 2.24) is 0 Å². The Bertz CT molecular complexity index is 1100. The summed E-state index contributed by atoms with van der Waals surface area (Å²) >= 11 is 1.40. The number of amidine groups is 1. The average molecular weight is 362 g/mol. The van der Waals surface area contributed by atoms with Crippen LogP contribution < -0.4 is 4.90 Å². The van der Waals surface area contributed by atoms with Crippen molar-refractivity contribution in [3.8, 4) is 0 Å². The summed E-state index contributed by atoms with van der Waals surface area (Å²) in [5.41, 5.74) is 0.956. The molecule has 5 nitrogen and oxygen atoms in total. The zero-order valence-electron chi connectivity index (χ0n) is 14.1. The van der Waals surface area contributed by atoms with Gasteiger partial charge in [0.15, 0.2) is 16.7 Å². The molecule has 2 aliphatic heterocycles. The maximum absolute atomic E-state index is 13.1. The lowest BCUT2D eigenvalue weighted by Crippen LogP contribution is -2.54. The number of carbonyl (C=O) groups excluding carboxylic acids is 2. The molecule has 3 aliphatic rings. The van der Waals surface area contributed by atoms with E-state index in [9.17, 15) is 14.7 Å². The topological polar surface area (TPSA) is 70.0 Å². The number of rotatable bonds is 0. The van der Waals surface area contributed by atoms with E-state index in [4.69, 9.17) is 0 Å². The van der Waals surface area contributed by atoms with Crippen LogP contribution in [0.3, 0.4) is 0 Å². The molecule has 6 heteroatoms. The van der Waals surface area contributed by atoms with Crippen LogP contribution in [0.25, 0.3) is 0 Å². The number of nitrogens with zero attached hydrogens (tertiary/aromatic N) is 2.